The molecule has 2 saturated carbocycles. The number of esters is 1. The molecule has 2 aliphatic rings. The predicted molar refractivity (Wildman–Crippen MR) is 91.1 cm³/mol. The highest BCUT2D eigenvalue weighted by Gasteiger charge is 2.39. The van der Waals surface area contributed by atoms with E-state index in [1.807, 2.05) is 13.0 Å². The lowest BCUT2D eigenvalue weighted by atomic mass is 9.95. The Balaban J connectivity index is 1.64. The van der Waals surface area contributed by atoms with Crippen molar-refractivity contribution in [1.29, 1.82) is 0 Å². The van der Waals surface area contributed by atoms with Crippen LogP contribution in [0.4, 0.5) is 5.69 Å². The second kappa shape index (κ2) is 6.24. The Labute approximate surface area is 136 Å². The van der Waals surface area contributed by atoms with Crippen molar-refractivity contribution in [3.05, 3.63) is 29.3 Å². The number of carbonyl (C=O) groups excluding carboxylic acids is 1. The summed E-state index contributed by atoms with van der Waals surface area (Å²) in [7, 11) is 1.39. The molecule has 2 aliphatic carbocycles. The molecule has 0 spiro atoms. The van der Waals surface area contributed by atoms with E-state index < -0.39 is 0 Å². The topological polar surface area (TPSA) is 50.4 Å². The summed E-state index contributed by atoms with van der Waals surface area (Å²) < 4.78 is 4.76. The molecule has 0 heterocycles. The van der Waals surface area contributed by atoms with Crippen LogP contribution in [0.25, 0.3) is 0 Å². The summed E-state index contributed by atoms with van der Waals surface area (Å²) in [6.45, 7) is 1.99. The van der Waals surface area contributed by atoms with Crippen molar-refractivity contribution >= 4 is 29.0 Å². The van der Waals surface area contributed by atoms with Gasteiger partial charge in [0.1, 0.15) is 0 Å². The maximum absolute atomic E-state index is 11.6. The average molecular weight is 318 g/mol. The summed E-state index contributed by atoms with van der Waals surface area (Å²) in [5.41, 5.74) is 2.42. The molecular formula is C17H22N2O2S. The van der Waals surface area contributed by atoms with Crippen LogP contribution in [-0.4, -0.2) is 24.2 Å². The van der Waals surface area contributed by atoms with Crippen LogP contribution in [0.15, 0.2) is 18.2 Å². The van der Waals surface area contributed by atoms with Crippen molar-refractivity contribution in [3.63, 3.8) is 0 Å². The lowest BCUT2D eigenvalue weighted by Gasteiger charge is -2.25. The number of hydrogen-bond donors (Lipinski definition) is 2. The first-order valence-corrected chi connectivity index (χ1v) is 8.24. The van der Waals surface area contributed by atoms with Crippen LogP contribution in [0, 0.1) is 18.8 Å². The molecule has 3 rings (SSSR count). The van der Waals surface area contributed by atoms with E-state index in [0.717, 1.165) is 23.1 Å². The monoisotopic (exact) mass is 318 g/mol. The van der Waals surface area contributed by atoms with Gasteiger partial charge in [0.2, 0.25) is 0 Å². The van der Waals surface area contributed by atoms with Crippen LogP contribution < -0.4 is 10.6 Å². The fraction of sp³-hybridized carbons (Fsp3) is 0.529. The van der Waals surface area contributed by atoms with Gasteiger partial charge in [0.15, 0.2) is 5.11 Å². The van der Waals surface area contributed by atoms with Crippen LogP contribution in [-0.2, 0) is 4.74 Å². The van der Waals surface area contributed by atoms with Crippen molar-refractivity contribution in [1.82, 2.24) is 5.32 Å². The SMILES string of the molecule is COC(=O)c1ccc(C)c(NC(=S)N[C@H]2C[C@H]3CC[C@@H]2C3)c1. The molecule has 0 amide bonds. The maximum atomic E-state index is 11.6. The van der Waals surface area contributed by atoms with Crippen LogP contribution in [0.5, 0.6) is 0 Å². The number of nitrogens with one attached hydrogen (secondary N) is 2. The van der Waals surface area contributed by atoms with E-state index in [1.54, 1.807) is 12.1 Å². The van der Waals surface area contributed by atoms with Gasteiger partial charge in [-0.3, -0.25) is 0 Å². The van der Waals surface area contributed by atoms with Crippen LogP contribution in [0.1, 0.15) is 41.6 Å². The second-order valence-corrected chi connectivity index (χ2v) is 6.81. The molecule has 2 fully saturated rings. The molecule has 1 aromatic rings. The van der Waals surface area contributed by atoms with Crippen molar-refractivity contribution in [3.8, 4) is 0 Å². The number of benzene rings is 1. The molecule has 22 heavy (non-hydrogen) atoms. The first-order valence-electron chi connectivity index (χ1n) is 7.83. The zero-order valence-corrected chi connectivity index (χ0v) is 13.8. The van der Waals surface area contributed by atoms with Gasteiger partial charge in [0.25, 0.3) is 0 Å². The Kier molecular flexibility index (Phi) is 4.34. The van der Waals surface area contributed by atoms with E-state index >= 15 is 0 Å². The molecular weight excluding hydrogens is 296 g/mol. The van der Waals surface area contributed by atoms with E-state index in [1.165, 1.54) is 32.8 Å². The summed E-state index contributed by atoms with van der Waals surface area (Å²) >= 11 is 5.45. The molecule has 3 atom stereocenters. The fourth-order valence-electron chi connectivity index (χ4n) is 3.75. The summed E-state index contributed by atoms with van der Waals surface area (Å²) in [4.78, 5) is 11.6. The summed E-state index contributed by atoms with van der Waals surface area (Å²) in [6.07, 6.45) is 5.27. The van der Waals surface area contributed by atoms with Gasteiger partial charge in [0.05, 0.1) is 12.7 Å². The number of carbonyl (C=O) groups is 1. The molecule has 0 saturated heterocycles. The predicted octanol–water partition coefficient (Wildman–Crippen LogP) is 3.26. The normalized spacial score (nSPS) is 25.8. The lowest BCUT2D eigenvalue weighted by molar-refractivity contribution is 0.0601. The number of thiocarbonyl (C=S) groups is 1. The fourth-order valence-corrected chi connectivity index (χ4v) is 4.01. The van der Waals surface area contributed by atoms with Crippen LogP contribution in [0.2, 0.25) is 0 Å². The lowest BCUT2D eigenvalue weighted by Crippen LogP contribution is -2.40. The zero-order chi connectivity index (χ0) is 15.7. The average Bonchev–Trinajstić information content (AvgIpc) is 3.11. The van der Waals surface area contributed by atoms with Gasteiger partial charge in [-0.05, 0) is 67.9 Å². The van der Waals surface area contributed by atoms with Gasteiger partial charge in [-0.15, -0.1) is 0 Å². The van der Waals surface area contributed by atoms with E-state index in [2.05, 4.69) is 10.6 Å². The summed E-state index contributed by atoms with van der Waals surface area (Å²) in [5.74, 6) is 1.32. The van der Waals surface area contributed by atoms with Gasteiger partial charge in [-0.1, -0.05) is 12.5 Å². The maximum Gasteiger partial charge on any atom is 0.337 e. The summed E-state index contributed by atoms with van der Waals surface area (Å²) in [6, 6.07) is 5.95. The number of hydrogen-bond acceptors (Lipinski definition) is 3. The number of ether oxygens (including phenoxy) is 1. The van der Waals surface area contributed by atoms with Gasteiger partial charge < -0.3 is 15.4 Å². The van der Waals surface area contributed by atoms with E-state index in [0.29, 0.717) is 16.7 Å². The highest BCUT2D eigenvalue weighted by molar-refractivity contribution is 7.80. The highest BCUT2D eigenvalue weighted by atomic mass is 32.1. The Bertz CT molecular complexity index is 602. The molecule has 0 aliphatic heterocycles. The Hall–Kier alpha value is -1.62. The minimum atomic E-state index is -0.338. The second-order valence-electron chi connectivity index (χ2n) is 6.40. The molecule has 1 aromatic carbocycles. The minimum absolute atomic E-state index is 0.338. The number of aryl methyl sites for hydroxylation is 1. The third-order valence-corrected chi connectivity index (χ3v) is 5.18. The van der Waals surface area contributed by atoms with Crippen molar-refractivity contribution < 1.29 is 9.53 Å². The molecule has 0 unspecified atom stereocenters. The van der Waals surface area contributed by atoms with E-state index in [9.17, 15) is 4.79 Å². The Morgan fingerprint density at radius 3 is 2.77 bits per heavy atom. The number of fused-ring (bicyclic) bond motifs is 2. The first-order chi connectivity index (χ1) is 10.6. The smallest absolute Gasteiger partial charge is 0.337 e. The van der Waals surface area contributed by atoms with Crippen LogP contribution >= 0.6 is 12.2 Å². The van der Waals surface area contributed by atoms with Gasteiger partial charge >= 0.3 is 5.97 Å². The third-order valence-electron chi connectivity index (χ3n) is 4.96. The first kappa shape index (κ1) is 15.3. The Morgan fingerprint density at radius 2 is 2.14 bits per heavy atom. The molecule has 4 nitrogen and oxygen atoms in total. The standard InChI is InChI=1S/C17H22N2O2S/c1-10-3-5-13(16(20)21-2)9-14(10)18-17(22)19-15-8-11-4-6-12(15)7-11/h3,5,9,11-12,15H,4,6-8H2,1-2H3,(H2,18,19,22)/t11-,12+,15-/m0/s1. The quantitative estimate of drug-likeness (QED) is 0.662. The van der Waals surface area contributed by atoms with Crippen molar-refractivity contribution in [2.45, 2.75) is 38.6 Å². The van der Waals surface area contributed by atoms with Crippen molar-refractivity contribution in [2.75, 3.05) is 12.4 Å². The largest absolute Gasteiger partial charge is 0.465 e. The van der Waals surface area contributed by atoms with Gasteiger partial charge in [-0.2, -0.15) is 0 Å². The van der Waals surface area contributed by atoms with Crippen molar-refractivity contribution in [2.24, 2.45) is 11.8 Å². The number of methoxy groups -OCH3 is 1. The van der Waals surface area contributed by atoms with Gasteiger partial charge in [0, 0.05) is 11.7 Å². The number of anilines is 1. The minimum Gasteiger partial charge on any atom is -0.465 e. The molecule has 5 heteroatoms. The summed E-state index contributed by atoms with van der Waals surface area (Å²) in [5, 5.41) is 7.32. The third kappa shape index (κ3) is 3.09. The molecule has 0 radical (unpaired) electrons. The molecule has 0 aromatic heterocycles. The van der Waals surface area contributed by atoms with Gasteiger partial charge in [-0.25, -0.2) is 4.79 Å². The van der Waals surface area contributed by atoms with E-state index in [-0.39, 0.29) is 5.97 Å². The zero-order valence-electron chi connectivity index (χ0n) is 13.0. The Morgan fingerprint density at radius 1 is 1.32 bits per heavy atom. The molecule has 118 valence electrons. The van der Waals surface area contributed by atoms with Crippen LogP contribution in [0.3, 0.4) is 0 Å². The molecule has 2 N–H and O–H groups in total. The number of rotatable bonds is 3. The highest BCUT2D eigenvalue weighted by Crippen LogP contribution is 2.44. The molecule has 2 bridgehead atoms. The van der Waals surface area contributed by atoms with E-state index in [4.69, 9.17) is 17.0 Å².